The number of carbonyl (C=O) groups is 2. The van der Waals surface area contributed by atoms with Crippen molar-refractivity contribution in [3.63, 3.8) is 0 Å². The van der Waals surface area contributed by atoms with Crippen molar-refractivity contribution in [1.82, 2.24) is 10.3 Å². The van der Waals surface area contributed by atoms with Crippen LogP contribution in [0, 0.1) is 5.82 Å². The molecular weight excluding hydrogens is 421 g/mol. The van der Waals surface area contributed by atoms with Gasteiger partial charge in [-0.15, -0.1) is 0 Å². The van der Waals surface area contributed by atoms with Crippen molar-refractivity contribution in [2.45, 2.75) is 31.6 Å². The van der Waals surface area contributed by atoms with Crippen molar-refractivity contribution in [1.29, 1.82) is 0 Å². The van der Waals surface area contributed by atoms with Gasteiger partial charge in [0.25, 0.3) is 5.91 Å². The van der Waals surface area contributed by atoms with Crippen molar-refractivity contribution in [3.05, 3.63) is 71.5 Å². The molecule has 0 saturated heterocycles. The number of nitrogens with zero attached hydrogens (tertiary/aromatic N) is 2. The van der Waals surface area contributed by atoms with Gasteiger partial charge >= 0.3 is 0 Å². The summed E-state index contributed by atoms with van der Waals surface area (Å²) in [6.45, 7) is 0.339. The van der Waals surface area contributed by atoms with E-state index in [1.807, 2.05) is 6.07 Å². The Labute approximate surface area is 180 Å². The van der Waals surface area contributed by atoms with Gasteiger partial charge in [0.2, 0.25) is 5.91 Å². The molecule has 9 heteroatoms. The Morgan fingerprint density at radius 2 is 1.74 bits per heavy atom. The predicted octanol–water partition coefficient (Wildman–Crippen LogP) is 2.43. The fraction of sp³-hybridized carbons (Fsp3) is 0.318. The van der Waals surface area contributed by atoms with Gasteiger partial charge in [-0.1, -0.05) is 42.5 Å². The third-order valence-electron chi connectivity index (χ3n) is 4.76. The summed E-state index contributed by atoms with van der Waals surface area (Å²) in [5.74, 6) is -1.08. The van der Waals surface area contributed by atoms with E-state index < -0.39 is 15.7 Å². The zero-order valence-electron chi connectivity index (χ0n) is 17.0. The quantitative estimate of drug-likeness (QED) is 0.600. The van der Waals surface area contributed by atoms with Crippen LogP contribution in [0.25, 0.3) is 0 Å². The number of hydrogen-bond acceptors (Lipinski definition) is 5. The molecule has 0 spiro atoms. The third kappa shape index (κ3) is 6.99. The van der Waals surface area contributed by atoms with Gasteiger partial charge in [0.05, 0.1) is 18.1 Å². The Hall–Kier alpha value is -3.07. The van der Waals surface area contributed by atoms with Crippen molar-refractivity contribution in [3.8, 4) is 0 Å². The first-order valence-electron chi connectivity index (χ1n) is 9.97. The highest BCUT2D eigenvalue weighted by Gasteiger charge is 2.24. The lowest BCUT2D eigenvalue weighted by atomic mass is 10.1. The molecular formula is C22H24FN3O4S. The molecule has 3 rings (SSSR count). The molecule has 1 N–H and O–H groups in total. The second-order valence-electron chi connectivity index (χ2n) is 7.31. The van der Waals surface area contributed by atoms with E-state index in [-0.39, 0.29) is 61.3 Å². The Morgan fingerprint density at radius 1 is 1.03 bits per heavy atom. The van der Waals surface area contributed by atoms with Gasteiger partial charge in [0.15, 0.2) is 9.84 Å². The van der Waals surface area contributed by atoms with Gasteiger partial charge in [-0.3, -0.25) is 9.59 Å². The summed E-state index contributed by atoms with van der Waals surface area (Å²) in [5, 5.41) is 8.02. The minimum absolute atomic E-state index is 0.0328. The van der Waals surface area contributed by atoms with E-state index in [1.54, 1.807) is 36.4 Å². The molecule has 0 saturated carbocycles. The number of rotatable bonds is 9. The molecule has 1 aliphatic rings. The smallest absolute Gasteiger partial charge is 0.267 e. The lowest BCUT2D eigenvalue weighted by Crippen LogP contribution is -2.39. The first-order chi connectivity index (χ1) is 14.8. The van der Waals surface area contributed by atoms with Gasteiger partial charge in [-0.2, -0.15) is 5.10 Å². The van der Waals surface area contributed by atoms with Crippen LogP contribution >= 0.6 is 0 Å². The SMILES string of the molecule is O=C(NCCCS(=O)(=O)Cc1ccccc1)C1=NN(Cc2ccc(F)cc2)C(=O)CC1. The summed E-state index contributed by atoms with van der Waals surface area (Å²) >= 11 is 0. The van der Waals surface area contributed by atoms with Crippen LogP contribution in [0.2, 0.25) is 0 Å². The molecule has 0 atom stereocenters. The molecule has 2 aromatic rings. The van der Waals surface area contributed by atoms with Gasteiger partial charge in [0.1, 0.15) is 11.5 Å². The minimum Gasteiger partial charge on any atom is -0.351 e. The van der Waals surface area contributed by atoms with Crippen LogP contribution in [0.15, 0.2) is 59.7 Å². The molecule has 0 unspecified atom stereocenters. The lowest BCUT2D eigenvalue weighted by molar-refractivity contribution is -0.132. The molecule has 164 valence electrons. The van der Waals surface area contributed by atoms with E-state index in [0.29, 0.717) is 5.56 Å². The number of carbonyl (C=O) groups excluding carboxylic acids is 2. The maximum absolute atomic E-state index is 13.0. The maximum Gasteiger partial charge on any atom is 0.267 e. The summed E-state index contributed by atoms with van der Waals surface area (Å²) in [6, 6.07) is 14.7. The maximum atomic E-state index is 13.0. The van der Waals surface area contributed by atoms with Crippen molar-refractivity contribution >= 4 is 27.4 Å². The van der Waals surface area contributed by atoms with Crippen LogP contribution in [-0.2, 0) is 31.7 Å². The van der Waals surface area contributed by atoms with Crippen LogP contribution in [0.5, 0.6) is 0 Å². The highest BCUT2D eigenvalue weighted by Crippen LogP contribution is 2.14. The van der Waals surface area contributed by atoms with Crippen LogP contribution < -0.4 is 5.32 Å². The number of amides is 2. The molecule has 0 fully saturated rings. The standard InChI is InChI=1S/C22H24FN3O4S/c23-19-9-7-17(8-10-19)15-26-21(27)12-11-20(25-26)22(28)24-13-4-14-31(29,30)16-18-5-2-1-3-6-18/h1-3,5-10H,4,11-16H2,(H,24,28). The average molecular weight is 446 g/mol. The summed E-state index contributed by atoms with van der Waals surface area (Å²) in [7, 11) is -3.27. The Bertz CT molecular complexity index is 1050. The van der Waals surface area contributed by atoms with E-state index in [9.17, 15) is 22.4 Å². The molecule has 2 aromatic carbocycles. The fourth-order valence-electron chi connectivity index (χ4n) is 3.15. The summed E-state index contributed by atoms with van der Waals surface area (Å²) in [5.41, 5.74) is 1.65. The Kier molecular flexibility index (Phi) is 7.51. The number of sulfone groups is 1. The second-order valence-corrected chi connectivity index (χ2v) is 9.50. The molecule has 1 aliphatic heterocycles. The van der Waals surface area contributed by atoms with E-state index >= 15 is 0 Å². The molecule has 0 bridgehead atoms. The van der Waals surface area contributed by atoms with Gasteiger partial charge in [-0.05, 0) is 29.7 Å². The molecule has 1 heterocycles. The monoisotopic (exact) mass is 445 g/mol. The van der Waals surface area contributed by atoms with Crippen molar-refractivity contribution < 1.29 is 22.4 Å². The van der Waals surface area contributed by atoms with Crippen molar-refractivity contribution in [2.75, 3.05) is 12.3 Å². The van der Waals surface area contributed by atoms with E-state index in [0.717, 1.165) is 5.56 Å². The molecule has 0 radical (unpaired) electrons. The molecule has 0 aliphatic carbocycles. The summed E-state index contributed by atoms with van der Waals surface area (Å²) in [6.07, 6.45) is 0.655. The van der Waals surface area contributed by atoms with Gasteiger partial charge in [0, 0.05) is 19.4 Å². The van der Waals surface area contributed by atoms with Gasteiger partial charge < -0.3 is 5.32 Å². The molecule has 7 nitrogen and oxygen atoms in total. The Balaban J connectivity index is 1.49. The highest BCUT2D eigenvalue weighted by molar-refractivity contribution is 7.90. The van der Waals surface area contributed by atoms with Crippen LogP contribution in [0.4, 0.5) is 4.39 Å². The number of nitrogens with one attached hydrogen (secondary N) is 1. The number of benzene rings is 2. The average Bonchev–Trinajstić information content (AvgIpc) is 2.74. The summed E-state index contributed by atoms with van der Waals surface area (Å²) in [4.78, 5) is 24.5. The second kappa shape index (κ2) is 10.3. The van der Waals surface area contributed by atoms with E-state index in [4.69, 9.17) is 0 Å². The highest BCUT2D eigenvalue weighted by atomic mass is 32.2. The van der Waals surface area contributed by atoms with Gasteiger partial charge in [-0.25, -0.2) is 17.8 Å². The Morgan fingerprint density at radius 3 is 2.45 bits per heavy atom. The first kappa shape index (κ1) is 22.6. The number of hydrogen-bond donors (Lipinski definition) is 1. The van der Waals surface area contributed by atoms with Crippen LogP contribution in [0.3, 0.4) is 0 Å². The normalized spacial score (nSPS) is 14.3. The number of halogens is 1. The van der Waals surface area contributed by atoms with E-state index in [2.05, 4.69) is 10.4 Å². The zero-order valence-corrected chi connectivity index (χ0v) is 17.8. The molecule has 31 heavy (non-hydrogen) atoms. The lowest BCUT2D eigenvalue weighted by Gasteiger charge is -2.23. The van der Waals surface area contributed by atoms with Crippen LogP contribution in [-0.4, -0.2) is 43.3 Å². The zero-order chi connectivity index (χ0) is 22.3. The fourth-order valence-corrected chi connectivity index (χ4v) is 4.58. The first-order valence-corrected chi connectivity index (χ1v) is 11.8. The van der Waals surface area contributed by atoms with Crippen LogP contribution in [0.1, 0.15) is 30.4 Å². The third-order valence-corrected chi connectivity index (χ3v) is 6.44. The number of hydrazone groups is 1. The molecule has 2 amide bonds. The van der Waals surface area contributed by atoms with E-state index in [1.165, 1.54) is 17.1 Å². The molecule has 0 aromatic heterocycles. The summed E-state index contributed by atoms with van der Waals surface area (Å²) < 4.78 is 37.5. The minimum atomic E-state index is -3.27. The predicted molar refractivity (Wildman–Crippen MR) is 115 cm³/mol. The topological polar surface area (TPSA) is 95.9 Å². The van der Waals surface area contributed by atoms with Crippen molar-refractivity contribution in [2.24, 2.45) is 5.10 Å². The largest absolute Gasteiger partial charge is 0.351 e.